The van der Waals surface area contributed by atoms with Crippen LogP contribution in [0.2, 0.25) is 0 Å². The van der Waals surface area contributed by atoms with Crippen LogP contribution in [0.1, 0.15) is 41.8 Å². The number of carbonyl (C=O) groups excluding carboxylic acids is 1. The topological polar surface area (TPSA) is 78.8 Å². The van der Waals surface area contributed by atoms with Crippen molar-refractivity contribution in [2.75, 3.05) is 33.8 Å². The zero-order chi connectivity index (χ0) is 21.8. The maximum Gasteiger partial charge on any atom is 0.253 e. The summed E-state index contributed by atoms with van der Waals surface area (Å²) < 4.78 is 5.51. The predicted octanol–water partition coefficient (Wildman–Crippen LogP) is 2.87. The number of nitrogens with one attached hydrogen (secondary N) is 2. The van der Waals surface area contributed by atoms with Crippen molar-refractivity contribution in [3.63, 3.8) is 0 Å². The van der Waals surface area contributed by atoms with E-state index in [4.69, 9.17) is 4.74 Å². The predicted molar refractivity (Wildman–Crippen MR) is 121 cm³/mol. The molecule has 0 unspecified atom stereocenters. The smallest absolute Gasteiger partial charge is 0.253 e. The molecule has 1 heterocycles. The zero-order valence-electron chi connectivity index (χ0n) is 18.4. The van der Waals surface area contributed by atoms with Crippen molar-refractivity contribution in [2.24, 2.45) is 4.99 Å². The summed E-state index contributed by atoms with van der Waals surface area (Å²) in [5.74, 6) is 1.41. The third-order valence-electron chi connectivity index (χ3n) is 4.30. The highest BCUT2D eigenvalue weighted by Crippen LogP contribution is 2.09. The van der Waals surface area contributed by atoms with E-state index in [9.17, 15) is 4.79 Å². The molecule has 0 fully saturated rings. The van der Waals surface area contributed by atoms with Crippen LogP contribution in [0, 0.1) is 0 Å². The van der Waals surface area contributed by atoms with Crippen molar-refractivity contribution in [1.82, 2.24) is 20.5 Å². The van der Waals surface area contributed by atoms with Gasteiger partial charge in [0.2, 0.25) is 5.88 Å². The summed E-state index contributed by atoms with van der Waals surface area (Å²) in [7, 11) is 3.52. The van der Waals surface area contributed by atoms with Gasteiger partial charge in [0.25, 0.3) is 5.91 Å². The van der Waals surface area contributed by atoms with E-state index in [0.29, 0.717) is 31.1 Å². The van der Waals surface area contributed by atoms with Crippen LogP contribution in [0.4, 0.5) is 0 Å². The Morgan fingerprint density at radius 3 is 2.63 bits per heavy atom. The van der Waals surface area contributed by atoms with Crippen LogP contribution in [0.5, 0.6) is 5.88 Å². The molecule has 0 radical (unpaired) electrons. The Morgan fingerprint density at radius 2 is 1.97 bits per heavy atom. The molecule has 1 amide bonds. The molecule has 0 saturated carbocycles. The van der Waals surface area contributed by atoms with Crippen LogP contribution in [0.25, 0.3) is 0 Å². The highest BCUT2D eigenvalue weighted by Gasteiger charge is 2.08. The zero-order valence-corrected chi connectivity index (χ0v) is 18.4. The molecule has 0 bridgehead atoms. The molecule has 162 valence electrons. The number of pyridine rings is 1. The van der Waals surface area contributed by atoms with Gasteiger partial charge in [-0.05, 0) is 43.0 Å². The van der Waals surface area contributed by atoms with Gasteiger partial charge in [-0.3, -0.25) is 4.79 Å². The maximum absolute atomic E-state index is 12.1. The first-order valence-electron chi connectivity index (χ1n) is 10.4. The van der Waals surface area contributed by atoms with Gasteiger partial charge in [-0.2, -0.15) is 0 Å². The minimum atomic E-state index is 0.0134. The highest BCUT2D eigenvalue weighted by atomic mass is 16.5. The average Bonchev–Trinajstić information content (AvgIpc) is 2.76. The lowest BCUT2D eigenvalue weighted by Gasteiger charge is -2.13. The fourth-order valence-electron chi connectivity index (χ4n) is 2.75. The Balaban J connectivity index is 1.89. The summed E-state index contributed by atoms with van der Waals surface area (Å²) in [4.78, 5) is 22.7. The molecule has 30 heavy (non-hydrogen) atoms. The number of nitrogens with zero attached hydrogens (tertiary/aromatic N) is 3. The van der Waals surface area contributed by atoms with E-state index in [1.54, 1.807) is 25.2 Å². The van der Waals surface area contributed by atoms with Gasteiger partial charge in [-0.1, -0.05) is 25.1 Å². The van der Waals surface area contributed by atoms with Gasteiger partial charge >= 0.3 is 0 Å². The molecule has 1 aromatic carbocycles. The first-order chi connectivity index (χ1) is 14.5. The van der Waals surface area contributed by atoms with Crippen LogP contribution in [0.3, 0.4) is 0 Å². The van der Waals surface area contributed by atoms with Crippen LogP contribution in [-0.4, -0.2) is 55.5 Å². The number of ether oxygens (including phenoxy) is 1. The molecule has 2 N–H and O–H groups in total. The minimum absolute atomic E-state index is 0.0134. The Labute approximate surface area is 179 Å². The van der Waals surface area contributed by atoms with E-state index in [-0.39, 0.29) is 5.91 Å². The Hall–Kier alpha value is -3.09. The number of hydrogen-bond acceptors (Lipinski definition) is 4. The molecule has 0 atom stereocenters. The normalized spacial score (nSPS) is 11.1. The van der Waals surface area contributed by atoms with E-state index < -0.39 is 0 Å². The van der Waals surface area contributed by atoms with Crippen molar-refractivity contribution in [3.05, 3.63) is 59.3 Å². The average molecular weight is 412 g/mol. The molecular weight excluding hydrogens is 378 g/mol. The number of amides is 1. The quantitative estimate of drug-likeness (QED) is 0.464. The lowest BCUT2D eigenvalue weighted by Crippen LogP contribution is -2.38. The van der Waals surface area contributed by atoms with Crippen LogP contribution >= 0.6 is 0 Å². The number of hydrogen-bond donors (Lipinski definition) is 2. The Morgan fingerprint density at radius 1 is 1.13 bits per heavy atom. The third kappa shape index (κ3) is 7.73. The van der Waals surface area contributed by atoms with Crippen molar-refractivity contribution in [1.29, 1.82) is 0 Å². The second kappa shape index (κ2) is 12.5. The number of guanidine groups is 1. The number of carbonyl (C=O) groups is 1. The van der Waals surface area contributed by atoms with Crippen molar-refractivity contribution >= 4 is 11.9 Å². The van der Waals surface area contributed by atoms with Gasteiger partial charge in [0.05, 0.1) is 13.2 Å². The summed E-state index contributed by atoms with van der Waals surface area (Å²) in [5, 5.41) is 6.60. The summed E-state index contributed by atoms with van der Waals surface area (Å²) in [6.45, 7) is 6.80. The molecule has 2 aromatic rings. The molecule has 2 rings (SSSR count). The fourth-order valence-corrected chi connectivity index (χ4v) is 2.75. The lowest BCUT2D eigenvalue weighted by atomic mass is 10.1. The van der Waals surface area contributed by atoms with Crippen molar-refractivity contribution in [2.45, 2.75) is 33.2 Å². The molecule has 0 aliphatic rings. The minimum Gasteiger partial charge on any atom is -0.478 e. The van der Waals surface area contributed by atoms with Gasteiger partial charge in [-0.15, -0.1) is 0 Å². The highest BCUT2D eigenvalue weighted by molar-refractivity contribution is 5.94. The second-order valence-electron chi connectivity index (χ2n) is 7.13. The van der Waals surface area contributed by atoms with E-state index in [0.717, 1.165) is 36.5 Å². The van der Waals surface area contributed by atoms with E-state index in [1.807, 2.05) is 43.3 Å². The Kier molecular flexibility index (Phi) is 9.64. The van der Waals surface area contributed by atoms with Gasteiger partial charge in [0, 0.05) is 45.0 Å². The SMILES string of the molecule is CCCOc1ccc(CN=C(NCC)NCCc2cccc(C(=O)N(C)C)c2)cn1. The number of aliphatic imine (C=N–C) groups is 1. The first-order valence-corrected chi connectivity index (χ1v) is 10.4. The molecule has 1 aromatic heterocycles. The molecule has 0 aliphatic heterocycles. The van der Waals surface area contributed by atoms with Gasteiger partial charge < -0.3 is 20.3 Å². The first kappa shape index (κ1) is 23.2. The number of rotatable bonds is 10. The van der Waals surface area contributed by atoms with Crippen LogP contribution < -0.4 is 15.4 Å². The van der Waals surface area contributed by atoms with Crippen LogP contribution in [-0.2, 0) is 13.0 Å². The lowest BCUT2D eigenvalue weighted by molar-refractivity contribution is 0.0827. The summed E-state index contributed by atoms with van der Waals surface area (Å²) in [5.41, 5.74) is 2.83. The Bertz CT molecular complexity index is 819. The van der Waals surface area contributed by atoms with E-state index >= 15 is 0 Å². The molecule has 0 aliphatic carbocycles. The molecular formula is C23H33N5O2. The number of aromatic nitrogens is 1. The fraction of sp³-hybridized carbons (Fsp3) is 0.435. The number of benzene rings is 1. The standard InChI is InChI=1S/C23H33N5O2/c1-5-14-30-21-11-10-19(16-26-21)17-27-23(24-6-2)25-13-12-18-8-7-9-20(15-18)22(29)28(3)4/h7-11,15-16H,5-6,12-14,17H2,1-4H3,(H2,24,25,27). The monoisotopic (exact) mass is 411 g/mol. The van der Waals surface area contributed by atoms with Crippen LogP contribution in [0.15, 0.2) is 47.6 Å². The summed E-state index contributed by atoms with van der Waals surface area (Å²) in [6, 6.07) is 11.6. The summed E-state index contributed by atoms with van der Waals surface area (Å²) >= 11 is 0. The van der Waals surface area contributed by atoms with Crippen molar-refractivity contribution < 1.29 is 9.53 Å². The van der Waals surface area contributed by atoms with E-state index in [1.165, 1.54) is 0 Å². The van der Waals surface area contributed by atoms with Gasteiger partial charge in [0.1, 0.15) is 0 Å². The molecule has 0 saturated heterocycles. The summed E-state index contributed by atoms with van der Waals surface area (Å²) in [6.07, 6.45) is 3.55. The molecule has 7 heteroatoms. The largest absolute Gasteiger partial charge is 0.478 e. The molecule has 7 nitrogen and oxygen atoms in total. The maximum atomic E-state index is 12.1. The van der Waals surface area contributed by atoms with Gasteiger partial charge in [-0.25, -0.2) is 9.98 Å². The second-order valence-corrected chi connectivity index (χ2v) is 7.13. The third-order valence-corrected chi connectivity index (χ3v) is 4.30. The van der Waals surface area contributed by atoms with E-state index in [2.05, 4.69) is 27.5 Å². The molecule has 0 spiro atoms. The van der Waals surface area contributed by atoms with Gasteiger partial charge in [0.15, 0.2) is 5.96 Å². The van der Waals surface area contributed by atoms with Crippen molar-refractivity contribution in [3.8, 4) is 5.88 Å².